The van der Waals surface area contributed by atoms with Crippen molar-refractivity contribution in [1.82, 2.24) is 0 Å². The SMILES string of the molecule is CC(=O)C(C)C(C)C(C)=O.CC([C-]=O)C(C)[C-]=O.[Y]. The van der Waals surface area contributed by atoms with Gasteiger partial charge in [-0.05, 0) is 13.8 Å². The van der Waals surface area contributed by atoms with Crippen molar-refractivity contribution in [2.45, 2.75) is 41.5 Å². The minimum Gasteiger partial charge on any atom is -0.542 e. The third-order valence-corrected chi connectivity index (χ3v) is 3.15. The Bertz CT molecular complexity index is 272. The van der Waals surface area contributed by atoms with Crippen molar-refractivity contribution in [2.24, 2.45) is 23.7 Å². The van der Waals surface area contributed by atoms with Crippen molar-refractivity contribution in [1.29, 1.82) is 0 Å². The molecule has 0 amide bonds. The summed E-state index contributed by atoms with van der Waals surface area (Å²) in [5, 5.41) is 0. The van der Waals surface area contributed by atoms with Gasteiger partial charge in [0.1, 0.15) is 11.6 Å². The van der Waals surface area contributed by atoms with E-state index in [-0.39, 0.29) is 67.9 Å². The molecule has 0 saturated carbocycles. The Hall–Kier alpha value is -0.216. The Balaban J connectivity index is -0.000000262. The summed E-state index contributed by atoms with van der Waals surface area (Å²) in [6.07, 6.45) is 3.41. The van der Waals surface area contributed by atoms with Crippen molar-refractivity contribution < 1.29 is 51.9 Å². The first kappa shape index (κ1) is 23.8. The number of hydrogen-bond donors (Lipinski definition) is 0. The summed E-state index contributed by atoms with van der Waals surface area (Å²) in [6.45, 7) is 9.89. The fourth-order valence-corrected chi connectivity index (χ4v) is 0.908. The quantitative estimate of drug-likeness (QED) is 0.691. The third-order valence-electron chi connectivity index (χ3n) is 3.15. The number of Topliss-reactive ketones (excluding diaryl/α,β-unsaturated/α-hetero) is 2. The van der Waals surface area contributed by atoms with Crippen LogP contribution in [0.3, 0.4) is 0 Å². The molecule has 0 aliphatic rings. The molecule has 0 aliphatic carbocycles. The van der Waals surface area contributed by atoms with Gasteiger partial charge >= 0.3 is 0 Å². The largest absolute Gasteiger partial charge is 0.542 e. The molecule has 19 heavy (non-hydrogen) atoms. The third kappa shape index (κ3) is 11.3. The van der Waals surface area contributed by atoms with Gasteiger partial charge < -0.3 is 9.59 Å². The summed E-state index contributed by atoms with van der Waals surface area (Å²) in [5.41, 5.74) is 0. The van der Waals surface area contributed by atoms with Crippen molar-refractivity contribution in [2.75, 3.05) is 0 Å². The van der Waals surface area contributed by atoms with E-state index in [1.165, 1.54) is 13.8 Å². The van der Waals surface area contributed by atoms with Gasteiger partial charge in [0.05, 0.1) is 0 Å². The summed E-state index contributed by atoms with van der Waals surface area (Å²) < 4.78 is 0. The molecule has 0 aromatic rings. The molecule has 4 nitrogen and oxygen atoms in total. The van der Waals surface area contributed by atoms with Crippen molar-refractivity contribution in [3.8, 4) is 0 Å². The molecule has 0 N–H and O–H groups in total. The van der Waals surface area contributed by atoms with Crippen LogP contribution >= 0.6 is 0 Å². The molecule has 0 saturated heterocycles. The van der Waals surface area contributed by atoms with Gasteiger partial charge in [-0.1, -0.05) is 27.7 Å². The average molecular weight is 343 g/mol. The van der Waals surface area contributed by atoms with E-state index in [0.717, 1.165) is 0 Å². The minimum atomic E-state index is -0.313. The molecular weight excluding hydrogens is 321 g/mol. The van der Waals surface area contributed by atoms with E-state index >= 15 is 0 Å². The number of hydrogen-bond acceptors (Lipinski definition) is 4. The second kappa shape index (κ2) is 12.8. The van der Waals surface area contributed by atoms with E-state index in [4.69, 9.17) is 0 Å². The van der Waals surface area contributed by atoms with Gasteiger partial charge in [-0.3, -0.25) is 22.2 Å². The zero-order valence-corrected chi connectivity index (χ0v) is 15.4. The van der Waals surface area contributed by atoms with Crippen LogP contribution in [0.2, 0.25) is 0 Å². The first-order valence-corrected chi connectivity index (χ1v) is 5.95. The van der Waals surface area contributed by atoms with Crippen LogP contribution in [-0.2, 0) is 51.9 Å². The topological polar surface area (TPSA) is 68.3 Å². The molecule has 0 bridgehead atoms. The monoisotopic (exact) mass is 343 g/mol. The first-order valence-electron chi connectivity index (χ1n) is 5.95. The van der Waals surface area contributed by atoms with Crippen LogP contribution in [-0.4, -0.2) is 24.1 Å². The Kier molecular flexibility index (Phi) is 16.1. The van der Waals surface area contributed by atoms with E-state index < -0.39 is 0 Å². The van der Waals surface area contributed by atoms with E-state index in [2.05, 4.69) is 0 Å². The van der Waals surface area contributed by atoms with Gasteiger partial charge in [0.15, 0.2) is 0 Å². The molecule has 0 spiro atoms. The molecule has 5 heteroatoms. The standard InChI is InChI=1S/C8H14O2.C6H8O2.Y/c1-5(7(3)9)6(2)8(4)10;1-5(3-7)6(2)4-8;/h5-6H,1-4H3;5-6H,1-2H3;/q;-2;. The number of carbonyl (C=O) groups is 2. The maximum Gasteiger partial charge on any atom is 0.133 e. The summed E-state index contributed by atoms with van der Waals surface area (Å²) in [7, 11) is 0. The van der Waals surface area contributed by atoms with Crippen LogP contribution < -0.4 is 0 Å². The smallest absolute Gasteiger partial charge is 0.133 e. The molecular formula is C14H22O4Y-2. The normalized spacial score (nSPS) is 15.5. The number of carbonyl (C=O) groups excluding carboxylic acids is 4. The van der Waals surface area contributed by atoms with Crippen LogP contribution in [0.5, 0.6) is 0 Å². The van der Waals surface area contributed by atoms with Crippen LogP contribution in [0.4, 0.5) is 0 Å². The molecule has 0 fully saturated rings. The van der Waals surface area contributed by atoms with Gasteiger partial charge in [-0.25, -0.2) is 0 Å². The molecule has 0 aliphatic heterocycles. The molecule has 0 aromatic heterocycles. The Morgan fingerprint density at radius 2 is 0.947 bits per heavy atom. The molecule has 4 atom stereocenters. The molecule has 0 rings (SSSR count). The molecule has 0 heterocycles. The summed E-state index contributed by atoms with van der Waals surface area (Å²) in [4.78, 5) is 41.1. The van der Waals surface area contributed by atoms with Crippen LogP contribution in [0.15, 0.2) is 0 Å². The maximum atomic E-state index is 10.7. The van der Waals surface area contributed by atoms with Gasteiger partial charge in [0.2, 0.25) is 0 Å². The zero-order valence-electron chi connectivity index (χ0n) is 12.5. The Labute approximate surface area is 141 Å². The summed E-state index contributed by atoms with van der Waals surface area (Å²) in [6, 6.07) is 0. The minimum absolute atomic E-state index is 0. The Morgan fingerprint density at radius 1 is 0.737 bits per heavy atom. The maximum absolute atomic E-state index is 10.7. The van der Waals surface area contributed by atoms with E-state index in [9.17, 15) is 19.2 Å². The van der Waals surface area contributed by atoms with Crippen LogP contribution in [0.25, 0.3) is 0 Å². The van der Waals surface area contributed by atoms with Crippen molar-refractivity contribution in [3.63, 3.8) is 0 Å². The zero-order chi connectivity index (χ0) is 14.9. The van der Waals surface area contributed by atoms with Crippen LogP contribution in [0.1, 0.15) is 41.5 Å². The summed E-state index contributed by atoms with van der Waals surface area (Å²) in [5.74, 6) is -0.708. The van der Waals surface area contributed by atoms with E-state index in [1.54, 1.807) is 40.3 Å². The van der Waals surface area contributed by atoms with Crippen molar-refractivity contribution in [3.05, 3.63) is 0 Å². The van der Waals surface area contributed by atoms with Gasteiger partial charge in [-0.2, -0.15) is 11.8 Å². The predicted octanol–water partition coefficient (Wildman–Crippen LogP) is 1.91. The van der Waals surface area contributed by atoms with Gasteiger partial charge in [0.25, 0.3) is 0 Å². The van der Waals surface area contributed by atoms with Gasteiger partial charge in [0, 0.05) is 44.5 Å². The molecule has 107 valence electrons. The fraction of sp³-hybridized carbons (Fsp3) is 0.714. The predicted molar refractivity (Wildman–Crippen MR) is 69.4 cm³/mol. The number of ketones is 2. The first-order chi connectivity index (χ1) is 8.18. The Morgan fingerprint density at radius 3 is 1.05 bits per heavy atom. The molecule has 4 unspecified atom stereocenters. The van der Waals surface area contributed by atoms with E-state index in [0.29, 0.717) is 0 Å². The van der Waals surface area contributed by atoms with Gasteiger partial charge in [-0.15, -0.1) is 0 Å². The second-order valence-electron chi connectivity index (χ2n) is 4.61. The summed E-state index contributed by atoms with van der Waals surface area (Å²) >= 11 is 0. The fourth-order valence-electron chi connectivity index (χ4n) is 0.908. The van der Waals surface area contributed by atoms with Crippen LogP contribution in [0, 0.1) is 23.7 Å². The van der Waals surface area contributed by atoms with E-state index in [1.807, 2.05) is 0 Å². The average Bonchev–Trinajstić information content (AvgIpc) is 2.35. The molecule has 1 radical (unpaired) electrons. The van der Waals surface area contributed by atoms with Crippen molar-refractivity contribution >= 4 is 24.1 Å². The number of rotatable bonds is 6. The second-order valence-corrected chi connectivity index (χ2v) is 4.61. The molecule has 0 aromatic carbocycles.